The van der Waals surface area contributed by atoms with Crippen molar-refractivity contribution < 1.29 is 10.2 Å². The van der Waals surface area contributed by atoms with Gasteiger partial charge in [0.15, 0.2) is 0 Å². The highest BCUT2D eigenvalue weighted by Crippen LogP contribution is 2.32. The Morgan fingerprint density at radius 2 is 1.84 bits per heavy atom. The predicted octanol–water partition coefficient (Wildman–Crippen LogP) is 2.89. The molecule has 2 N–H and O–H groups in total. The molecule has 0 radical (unpaired) electrons. The minimum absolute atomic E-state index is 0.113. The third-order valence-corrected chi connectivity index (χ3v) is 3.92. The molecule has 0 unspecified atom stereocenters. The molecular weight excluding hydrogens is 238 g/mol. The van der Waals surface area contributed by atoms with E-state index < -0.39 is 0 Å². The summed E-state index contributed by atoms with van der Waals surface area (Å²) >= 11 is 0. The first-order chi connectivity index (χ1) is 9.24. The summed E-state index contributed by atoms with van der Waals surface area (Å²) in [5.41, 5.74) is 1.15. The van der Waals surface area contributed by atoms with Gasteiger partial charge in [0.25, 0.3) is 0 Å². The summed E-state index contributed by atoms with van der Waals surface area (Å²) in [5, 5.41) is 21.4. The number of phenolic OH excluding ortho intramolecular Hbond substituents is 2. The van der Waals surface area contributed by atoms with Crippen LogP contribution in [-0.2, 0) is 6.42 Å². The van der Waals surface area contributed by atoms with Crippen LogP contribution in [0.2, 0.25) is 0 Å². The molecule has 100 valence electrons. The maximum Gasteiger partial charge on any atom is 0.127 e. The molecule has 2 aromatic rings. The summed E-state index contributed by atoms with van der Waals surface area (Å²) in [6.07, 6.45) is 3.54. The van der Waals surface area contributed by atoms with Crippen LogP contribution in [0.25, 0.3) is 10.8 Å². The first-order valence-electron chi connectivity index (χ1n) is 6.90. The lowest BCUT2D eigenvalue weighted by Gasteiger charge is -2.15. The van der Waals surface area contributed by atoms with E-state index in [0.717, 1.165) is 29.3 Å². The molecule has 0 spiro atoms. The molecule has 0 aromatic heterocycles. The SMILES string of the molecule is Oc1cc(O)c2c(CCN3CCCC3)cccc2c1. The molecule has 1 saturated heterocycles. The lowest BCUT2D eigenvalue weighted by Crippen LogP contribution is -2.21. The molecule has 1 aliphatic rings. The Labute approximate surface area is 113 Å². The molecule has 1 aliphatic heterocycles. The van der Waals surface area contributed by atoms with E-state index in [1.807, 2.05) is 12.1 Å². The third-order valence-electron chi connectivity index (χ3n) is 3.92. The molecule has 0 bridgehead atoms. The Balaban J connectivity index is 1.90. The van der Waals surface area contributed by atoms with Crippen molar-refractivity contribution in [3.63, 3.8) is 0 Å². The Bertz CT molecular complexity index is 589. The zero-order valence-corrected chi connectivity index (χ0v) is 11.0. The van der Waals surface area contributed by atoms with Gasteiger partial charge in [-0.25, -0.2) is 0 Å². The number of nitrogens with zero attached hydrogens (tertiary/aromatic N) is 1. The van der Waals surface area contributed by atoms with Gasteiger partial charge in [0.05, 0.1) is 0 Å². The average Bonchev–Trinajstić information content (AvgIpc) is 2.88. The number of hydrogen-bond donors (Lipinski definition) is 2. The summed E-state index contributed by atoms with van der Waals surface area (Å²) in [7, 11) is 0. The van der Waals surface area contributed by atoms with Crippen molar-refractivity contribution in [3.05, 3.63) is 35.9 Å². The predicted molar refractivity (Wildman–Crippen MR) is 76.7 cm³/mol. The first-order valence-corrected chi connectivity index (χ1v) is 6.90. The molecule has 3 rings (SSSR count). The number of fused-ring (bicyclic) bond motifs is 1. The fourth-order valence-electron chi connectivity index (χ4n) is 2.96. The summed E-state index contributed by atoms with van der Waals surface area (Å²) < 4.78 is 0. The van der Waals surface area contributed by atoms with E-state index in [1.54, 1.807) is 6.07 Å². The Morgan fingerprint density at radius 3 is 2.63 bits per heavy atom. The quantitative estimate of drug-likeness (QED) is 0.888. The number of aromatic hydroxyl groups is 2. The van der Waals surface area contributed by atoms with Crippen LogP contribution in [0.3, 0.4) is 0 Å². The second kappa shape index (κ2) is 5.10. The van der Waals surface area contributed by atoms with Gasteiger partial charge in [0, 0.05) is 18.0 Å². The van der Waals surface area contributed by atoms with Crippen LogP contribution in [0.15, 0.2) is 30.3 Å². The van der Waals surface area contributed by atoms with Crippen molar-refractivity contribution in [2.24, 2.45) is 0 Å². The Kier molecular flexibility index (Phi) is 3.30. The normalized spacial score (nSPS) is 16.2. The molecule has 2 aromatic carbocycles. The number of hydrogen-bond acceptors (Lipinski definition) is 3. The highest BCUT2D eigenvalue weighted by Gasteiger charge is 2.13. The van der Waals surface area contributed by atoms with Crippen LogP contribution in [0.4, 0.5) is 0 Å². The zero-order valence-electron chi connectivity index (χ0n) is 11.0. The van der Waals surface area contributed by atoms with E-state index in [1.165, 1.54) is 32.0 Å². The minimum atomic E-state index is 0.113. The summed E-state index contributed by atoms with van der Waals surface area (Å²) in [6.45, 7) is 3.43. The molecule has 0 saturated carbocycles. The van der Waals surface area contributed by atoms with Crippen LogP contribution >= 0.6 is 0 Å². The second-order valence-electron chi connectivity index (χ2n) is 5.28. The zero-order chi connectivity index (χ0) is 13.2. The van der Waals surface area contributed by atoms with Gasteiger partial charge in [-0.05, 0) is 49.4 Å². The monoisotopic (exact) mass is 257 g/mol. The maximum absolute atomic E-state index is 10.1. The van der Waals surface area contributed by atoms with Gasteiger partial charge in [-0.1, -0.05) is 18.2 Å². The summed E-state index contributed by atoms with van der Waals surface area (Å²) in [5.74, 6) is 0.286. The highest BCUT2D eigenvalue weighted by molar-refractivity contribution is 5.92. The van der Waals surface area contributed by atoms with Crippen LogP contribution in [0.1, 0.15) is 18.4 Å². The molecular formula is C16H19NO2. The average molecular weight is 257 g/mol. The van der Waals surface area contributed by atoms with E-state index in [4.69, 9.17) is 0 Å². The van der Waals surface area contributed by atoms with Crippen LogP contribution in [0, 0.1) is 0 Å². The van der Waals surface area contributed by atoms with E-state index in [-0.39, 0.29) is 11.5 Å². The number of benzene rings is 2. The maximum atomic E-state index is 10.1. The van der Waals surface area contributed by atoms with E-state index in [9.17, 15) is 10.2 Å². The van der Waals surface area contributed by atoms with Crippen molar-refractivity contribution in [1.29, 1.82) is 0 Å². The largest absolute Gasteiger partial charge is 0.508 e. The molecule has 0 aliphatic carbocycles. The first kappa shape index (κ1) is 12.3. The summed E-state index contributed by atoms with van der Waals surface area (Å²) in [6, 6.07) is 9.10. The third kappa shape index (κ3) is 2.51. The van der Waals surface area contributed by atoms with Crippen LogP contribution < -0.4 is 0 Å². The van der Waals surface area contributed by atoms with Crippen molar-refractivity contribution in [2.45, 2.75) is 19.3 Å². The van der Waals surface area contributed by atoms with Gasteiger partial charge < -0.3 is 15.1 Å². The fraction of sp³-hybridized carbons (Fsp3) is 0.375. The minimum Gasteiger partial charge on any atom is -0.508 e. The molecule has 0 atom stereocenters. The van der Waals surface area contributed by atoms with Gasteiger partial charge in [-0.2, -0.15) is 0 Å². The van der Waals surface area contributed by atoms with Crippen molar-refractivity contribution >= 4 is 10.8 Å². The Hall–Kier alpha value is -1.74. The number of likely N-dealkylation sites (tertiary alicyclic amines) is 1. The van der Waals surface area contributed by atoms with Crippen LogP contribution in [-0.4, -0.2) is 34.7 Å². The van der Waals surface area contributed by atoms with Gasteiger partial charge in [0.1, 0.15) is 11.5 Å². The summed E-state index contributed by atoms with van der Waals surface area (Å²) in [4.78, 5) is 2.47. The van der Waals surface area contributed by atoms with E-state index in [0.29, 0.717) is 0 Å². The van der Waals surface area contributed by atoms with Crippen molar-refractivity contribution in [1.82, 2.24) is 4.90 Å². The number of phenols is 2. The smallest absolute Gasteiger partial charge is 0.127 e. The van der Waals surface area contributed by atoms with Gasteiger partial charge in [-0.15, -0.1) is 0 Å². The van der Waals surface area contributed by atoms with Gasteiger partial charge in [0.2, 0.25) is 0 Å². The molecule has 3 nitrogen and oxygen atoms in total. The second-order valence-corrected chi connectivity index (χ2v) is 5.28. The fourth-order valence-corrected chi connectivity index (χ4v) is 2.96. The van der Waals surface area contributed by atoms with Crippen LogP contribution in [0.5, 0.6) is 11.5 Å². The highest BCUT2D eigenvalue weighted by atomic mass is 16.3. The van der Waals surface area contributed by atoms with Gasteiger partial charge >= 0.3 is 0 Å². The molecule has 0 amide bonds. The molecule has 1 heterocycles. The molecule has 1 fully saturated rings. The standard InChI is InChI=1S/C16H19NO2/c18-14-10-13-5-3-4-12(16(13)15(19)11-14)6-9-17-7-1-2-8-17/h3-5,10-11,18-19H,1-2,6-9H2. The Morgan fingerprint density at radius 1 is 1.05 bits per heavy atom. The van der Waals surface area contributed by atoms with E-state index >= 15 is 0 Å². The lowest BCUT2D eigenvalue weighted by molar-refractivity contribution is 0.344. The lowest BCUT2D eigenvalue weighted by atomic mass is 10.0. The van der Waals surface area contributed by atoms with E-state index in [2.05, 4.69) is 11.0 Å². The topological polar surface area (TPSA) is 43.7 Å². The number of rotatable bonds is 3. The molecule has 19 heavy (non-hydrogen) atoms. The molecule has 3 heteroatoms. The van der Waals surface area contributed by atoms with Crippen molar-refractivity contribution in [3.8, 4) is 11.5 Å². The van der Waals surface area contributed by atoms with Gasteiger partial charge in [-0.3, -0.25) is 0 Å². The van der Waals surface area contributed by atoms with Crippen molar-refractivity contribution in [2.75, 3.05) is 19.6 Å².